The maximum absolute atomic E-state index is 12.0. The minimum Gasteiger partial charge on any atom is -0.343 e. The number of amides is 2. The highest BCUT2D eigenvalue weighted by atomic mass is 127. The molecule has 21 heavy (non-hydrogen) atoms. The zero-order chi connectivity index (χ0) is 15.4. The summed E-state index contributed by atoms with van der Waals surface area (Å²) in [5.74, 6) is 0.0367. The Kier molecular flexibility index (Phi) is 4.94. The summed E-state index contributed by atoms with van der Waals surface area (Å²) in [7, 11) is 1.74. The van der Waals surface area contributed by atoms with E-state index in [2.05, 4.69) is 38.3 Å². The summed E-state index contributed by atoms with van der Waals surface area (Å²) in [5.41, 5.74) is 1.37. The highest BCUT2D eigenvalue weighted by Crippen LogP contribution is 2.11. The second-order valence-electron chi connectivity index (χ2n) is 4.51. The molecule has 0 aliphatic heterocycles. The van der Waals surface area contributed by atoms with Crippen LogP contribution in [0.5, 0.6) is 0 Å². The number of nitrogens with zero attached hydrogens (tertiary/aromatic N) is 2. The Balaban J connectivity index is 1.91. The van der Waals surface area contributed by atoms with Gasteiger partial charge < -0.3 is 10.6 Å². The molecule has 0 saturated carbocycles. The highest BCUT2D eigenvalue weighted by molar-refractivity contribution is 14.1. The first-order valence-electron chi connectivity index (χ1n) is 6.30. The summed E-state index contributed by atoms with van der Waals surface area (Å²) >= 11 is 2.09. The number of rotatable bonds is 4. The number of hydrogen-bond acceptors (Lipinski definition) is 3. The molecular formula is C14H15IN4O2. The van der Waals surface area contributed by atoms with E-state index in [0.29, 0.717) is 11.4 Å². The predicted octanol–water partition coefficient (Wildman–Crippen LogP) is 1.70. The third-order valence-electron chi connectivity index (χ3n) is 2.80. The van der Waals surface area contributed by atoms with Gasteiger partial charge in [0, 0.05) is 16.7 Å². The van der Waals surface area contributed by atoms with Gasteiger partial charge in [0.1, 0.15) is 5.82 Å². The van der Waals surface area contributed by atoms with Crippen LogP contribution < -0.4 is 10.6 Å². The van der Waals surface area contributed by atoms with Crippen molar-refractivity contribution in [2.45, 2.75) is 6.92 Å². The summed E-state index contributed by atoms with van der Waals surface area (Å²) in [6.07, 6.45) is 0. The van der Waals surface area contributed by atoms with Crippen molar-refractivity contribution in [2.75, 3.05) is 11.9 Å². The molecule has 0 aliphatic rings. The average molecular weight is 398 g/mol. The topological polar surface area (TPSA) is 76.0 Å². The first-order chi connectivity index (χ1) is 9.97. The molecule has 6 nitrogen and oxygen atoms in total. The monoisotopic (exact) mass is 398 g/mol. The van der Waals surface area contributed by atoms with Crippen molar-refractivity contribution in [1.82, 2.24) is 15.1 Å². The van der Waals surface area contributed by atoms with Crippen molar-refractivity contribution in [1.29, 1.82) is 0 Å². The van der Waals surface area contributed by atoms with Crippen molar-refractivity contribution in [3.63, 3.8) is 0 Å². The van der Waals surface area contributed by atoms with E-state index in [9.17, 15) is 9.59 Å². The maximum atomic E-state index is 12.0. The number of halogens is 1. The van der Waals surface area contributed by atoms with Gasteiger partial charge in [0.15, 0.2) is 0 Å². The lowest BCUT2D eigenvalue weighted by atomic mass is 10.2. The fourth-order valence-electron chi connectivity index (χ4n) is 1.82. The third-order valence-corrected chi connectivity index (χ3v) is 3.74. The Hall–Kier alpha value is -1.90. The van der Waals surface area contributed by atoms with Gasteiger partial charge in [-0.05, 0) is 41.6 Å². The number of anilines is 1. The summed E-state index contributed by atoms with van der Waals surface area (Å²) in [6, 6.07) is 8.97. The zero-order valence-corrected chi connectivity index (χ0v) is 13.8. The largest absolute Gasteiger partial charge is 0.343 e. The van der Waals surface area contributed by atoms with Gasteiger partial charge in [-0.1, -0.05) is 12.1 Å². The molecule has 1 heterocycles. The second kappa shape index (κ2) is 6.70. The molecule has 0 radical (unpaired) electrons. The van der Waals surface area contributed by atoms with E-state index < -0.39 is 0 Å². The van der Waals surface area contributed by atoms with Crippen LogP contribution in [0, 0.1) is 10.5 Å². The number of aryl methyl sites for hydroxylation is 2. The Labute approximate surface area is 136 Å². The molecule has 2 N–H and O–H groups in total. The van der Waals surface area contributed by atoms with E-state index in [1.807, 2.05) is 19.1 Å². The number of carbonyl (C=O) groups excluding carboxylic acids is 2. The quantitative estimate of drug-likeness (QED) is 0.770. The molecule has 2 amide bonds. The third kappa shape index (κ3) is 4.03. The summed E-state index contributed by atoms with van der Waals surface area (Å²) < 4.78 is 2.42. The molecule has 0 aliphatic carbocycles. The first kappa shape index (κ1) is 15.5. The van der Waals surface area contributed by atoms with E-state index in [4.69, 9.17) is 0 Å². The van der Waals surface area contributed by atoms with Gasteiger partial charge in [0.25, 0.3) is 5.91 Å². The zero-order valence-electron chi connectivity index (χ0n) is 11.7. The maximum Gasteiger partial charge on any atom is 0.252 e. The molecule has 2 aromatic rings. The lowest BCUT2D eigenvalue weighted by Crippen LogP contribution is -2.33. The van der Waals surface area contributed by atoms with E-state index in [1.54, 1.807) is 29.9 Å². The Morgan fingerprint density at radius 1 is 1.33 bits per heavy atom. The van der Waals surface area contributed by atoms with E-state index in [1.165, 1.54) is 0 Å². The molecule has 0 unspecified atom stereocenters. The van der Waals surface area contributed by atoms with E-state index >= 15 is 0 Å². The van der Waals surface area contributed by atoms with E-state index in [0.717, 1.165) is 9.26 Å². The Morgan fingerprint density at radius 2 is 2.05 bits per heavy atom. The van der Waals surface area contributed by atoms with E-state index in [-0.39, 0.29) is 18.4 Å². The van der Waals surface area contributed by atoms with Crippen LogP contribution in [0.15, 0.2) is 30.3 Å². The van der Waals surface area contributed by atoms with Gasteiger partial charge in [-0.25, -0.2) is 0 Å². The fraction of sp³-hybridized carbons (Fsp3) is 0.214. The van der Waals surface area contributed by atoms with Gasteiger partial charge in [-0.3, -0.25) is 14.3 Å². The smallest absolute Gasteiger partial charge is 0.252 e. The number of aromatic nitrogens is 2. The molecular weight excluding hydrogens is 383 g/mol. The molecule has 0 spiro atoms. The van der Waals surface area contributed by atoms with Crippen LogP contribution in [-0.4, -0.2) is 28.1 Å². The molecule has 0 atom stereocenters. The van der Waals surface area contributed by atoms with Crippen LogP contribution in [-0.2, 0) is 11.8 Å². The number of benzene rings is 1. The first-order valence-corrected chi connectivity index (χ1v) is 7.38. The fourth-order valence-corrected chi connectivity index (χ4v) is 2.45. The van der Waals surface area contributed by atoms with Crippen molar-refractivity contribution in [3.05, 3.63) is 45.2 Å². The highest BCUT2D eigenvalue weighted by Gasteiger charge is 2.12. The predicted molar refractivity (Wildman–Crippen MR) is 88.1 cm³/mol. The number of nitrogens with one attached hydrogen (secondary N) is 2. The Bertz CT molecular complexity index is 681. The van der Waals surface area contributed by atoms with Gasteiger partial charge >= 0.3 is 0 Å². The van der Waals surface area contributed by atoms with Gasteiger partial charge in [0.2, 0.25) is 5.91 Å². The molecule has 0 saturated heterocycles. The lowest BCUT2D eigenvalue weighted by Gasteiger charge is -2.08. The molecule has 110 valence electrons. The average Bonchev–Trinajstić information content (AvgIpc) is 2.74. The minimum absolute atomic E-state index is 0.0893. The second-order valence-corrected chi connectivity index (χ2v) is 5.67. The van der Waals surface area contributed by atoms with Crippen LogP contribution in [0.4, 0.5) is 5.82 Å². The standard InChI is InChI=1S/C14H15IN4O2/c1-9-7-12(19(2)18-9)17-13(20)8-16-14(21)10-5-3-4-6-11(10)15/h3-7H,8H2,1-2H3,(H,16,21)(H,17,20). The van der Waals surface area contributed by atoms with Crippen molar-refractivity contribution in [3.8, 4) is 0 Å². The number of carbonyl (C=O) groups is 2. The Morgan fingerprint density at radius 3 is 2.67 bits per heavy atom. The van der Waals surface area contributed by atoms with Crippen molar-refractivity contribution in [2.24, 2.45) is 7.05 Å². The van der Waals surface area contributed by atoms with Crippen molar-refractivity contribution >= 4 is 40.2 Å². The van der Waals surface area contributed by atoms with Crippen molar-refractivity contribution < 1.29 is 9.59 Å². The minimum atomic E-state index is -0.294. The van der Waals surface area contributed by atoms with Gasteiger partial charge in [-0.2, -0.15) is 5.10 Å². The van der Waals surface area contributed by atoms with Gasteiger partial charge in [-0.15, -0.1) is 0 Å². The summed E-state index contributed by atoms with van der Waals surface area (Å²) in [5, 5.41) is 9.43. The van der Waals surface area contributed by atoms with Crippen LogP contribution in [0.3, 0.4) is 0 Å². The summed E-state index contributed by atoms with van der Waals surface area (Å²) in [4.78, 5) is 23.8. The summed E-state index contributed by atoms with van der Waals surface area (Å²) in [6.45, 7) is 1.75. The molecule has 2 rings (SSSR count). The van der Waals surface area contributed by atoms with Crippen LogP contribution in [0.2, 0.25) is 0 Å². The van der Waals surface area contributed by atoms with Crippen LogP contribution in [0.1, 0.15) is 16.1 Å². The molecule has 0 bridgehead atoms. The lowest BCUT2D eigenvalue weighted by molar-refractivity contribution is -0.115. The SMILES string of the molecule is Cc1cc(NC(=O)CNC(=O)c2ccccc2I)n(C)n1. The van der Waals surface area contributed by atoms with Crippen LogP contribution in [0.25, 0.3) is 0 Å². The molecule has 7 heteroatoms. The number of hydrogen-bond donors (Lipinski definition) is 2. The van der Waals surface area contributed by atoms with Crippen LogP contribution >= 0.6 is 22.6 Å². The molecule has 0 fully saturated rings. The normalized spacial score (nSPS) is 10.2. The van der Waals surface area contributed by atoms with Gasteiger partial charge in [0.05, 0.1) is 17.8 Å². The molecule has 1 aromatic heterocycles. The molecule has 1 aromatic carbocycles.